The average molecular weight is 274 g/mol. The second kappa shape index (κ2) is 5.69. The molecule has 5 heteroatoms. The van der Waals surface area contributed by atoms with Crippen LogP contribution in [0.4, 0.5) is 0 Å². The highest BCUT2D eigenvalue weighted by molar-refractivity contribution is 6.25. The normalized spacial score (nSPS) is 17.6. The molecule has 104 valence electrons. The van der Waals surface area contributed by atoms with Crippen molar-refractivity contribution in [3.8, 4) is 0 Å². The first kappa shape index (κ1) is 14.0. The second-order valence-electron chi connectivity index (χ2n) is 4.39. The first-order chi connectivity index (χ1) is 9.58. The van der Waals surface area contributed by atoms with Gasteiger partial charge in [0, 0.05) is 0 Å². The Morgan fingerprint density at radius 1 is 1.15 bits per heavy atom. The zero-order valence-electron chi connectivity index (χ0n) is 11.2. The van der Waals surface area contributed by atoms with Crippen LogP contribution in [0.3, 0.4) is 0 Å². The minimum atomic E-state index is -1.02. The van der Waals surface area contributed by atoms with Gasteiger partial charge in [0.05, 0.1) is 14.2 Å². The van der Waals surface area contributed by atoms with E-state index < -0.39 is 23.6 Å². The first-order valence-corrected chi connectivity index (χ1v) is 6.08. The highest BCUT2D eigenvalue weighted by Gasteiger charge is 2.35. The van der Waals surface area contributed by atoms with Gasteiger partial charge in [-0.2, -0.15) is 0 Å². The van der Waals surface area contributed by atoms with E-state index >= 15 is 0 Å². The van der Waals surface area contributed by atoms with Crippen molar-refractivity contribution in [2.75, 3.05) is 14.2 Å². The molecule has 0 aliphatic heterocycles. The topological polar surface area (TPSA) is 69.7 Å². The van der Waals surface area contributed by atoms with Crippen LogP contribution < -0.4 is 0 Å². The molecule has 0 aromatic heterocycles. The number of hydrogen-bond donors (Lipinski definition) is 0. The van der Waals surface area contributed by atoms with Crippen LogP contribution in [0.5, 0.6) is 0 Å². The number of fused-ring (bicyclic) bond motifs is 1. The van der Waals surface area contributed by atoms with Crippen LogP contribution in [0.1, 0.15) is 11.1 Å². The molecular formula is C15H14O5. The monoisotopic (exact) mass is 274 g/mol. The van der Waals surface area contributed by atoms with E-state index in [2.05, 4.69) is 9.47 Å². The fourth-order valence-electron chi connectivity index (χ4n) is 2.19. The van der Waals surface area contributed by atoms with Crippen molar-refractivity contribution in [2.24, 2.45) is 5.92 Å². The number of carbonyl (C=O) groups is 3. The van der Waals surface area contributed by atoms with Gasteiger partial charge in [0.1, 0.15) is 11.5 Å². The molecule has 2 rings (SSSR count). The third-order valence-electron chi connectivity index (χ3n) is 3.25. The van der Waals surface area contributed by atoms with Gasteiger partial charge in [-0.15, -0.1) is 0 Å². The van der Waals surface area contributed by atoms with Crippen LogP contribution in [-0.4, -0.2) is 31.9 Å². The van der Waals surface area contributed by atoms with Crippen LogP contribution >= 0.6 is 0 Å². The van der Waals surface area contributed by atoms with Crippen LogP contribution in [0, 0.1) is 5.92 Å². The van der Waals surface area contributed by atoms with Gasteiger partial charge >= 0.3 is 11.9 Å². The Bertz CT molecular complexity index is 600. The highest BCUT2D eigenvalue weighted by atomic mass is 16.5. The van der Waals surface area contributed by atoms with E-state index in [0.29, 0.717) is 0 Å². The summed E-state index contributed by atoms with van der Waals surface area (Å²) in [7, 11) is 2.41. The molecule has 1 aromatic carbocycles. The maximum Gasteiger partial charge on any atom is 0.341 e. The quantitative estimate of drug-likeness (QED) is 0.460. The molecule has 0 saturated heterocycles. The van der Waals surface area contributed by atoms with Crippen LogP contribution in [0.25, 0.3) is 6.08 Å². The summed E-state index contributed by atoms with van der Waals surface area (Å²) < 4.78 is 9.27. The fraction of sp³-hybridized carbons (Fsp3) is 0.267. The second-order valence-corrected chi connectivity index (χ2v) is 4.39. The van der Waals surface area contributed by atoms with E-state index in [-0.39, 0.29) is 12.0 Å². The lowest BCUT2D eigenvalue weighted by atomic mass is 9.93. The van der Waals surface area contributed by atoms with Gasteiger partial charge in [0.2, 0.25) is 0 Å². The van der Waals surface area contributed by atoms with Crippen molar-refractivity contribution in [2.45, 2.75) is 6.42 Å². The van der Waals surface area contributed by atoms with E-state index in [1.165, 1.54) is 20.3 Å². The van der Waals surface area contributed by atoms with Crippen molar-refractivity contribution < 1.29 is 23.9 Å². The summed E-state index contributed by atoms with van der Waals surface area (Å²) in [5.74, 6) is -2.99. The molecule has 0 spiro atoms. The summed E-state index contributed by atoms with van der Waals surface area (Å²) in [4.78, 5) is 35.9. The van der Waals surface area contributed by atoms with Crippen molar-refractivity contribution in [3.05, 3.63) is 41.0 Å². The number of carbonyl (C=O) groups excluding carboxylic acids is 3. The molecule has 0 N–H and O–H groups in total. The summed E-state index contributed by atoms with van der Waals surface area (Å²) in [6.07, 6.45) is 1.67. The first-order valence-electron chi connectivity index (χ1n) is 6.08. The van der Waals surface area contributed by atoms with Gasteiger partial charge in [-0.1, -0.05) is 24.3 Å². The number of Topliss-reactive ketones (excluding diaryl/α,β-unsaturated/α-hetero) is 1. The molecule has 0 saturated carbocycles. The summed E-state index contributed by atoms with van der Waals surface area (Å²) in [6.45, 7) is 0. The molecule has 0 bridgehead atoms. The zero-order chi connectivity index (χ0) is 14.7. The maximum absolute atomic E-state index is 12.3. The molecule has 5 nitrogen and oxygen atoms in total. The number of ether oxygens (including phenoxy) is 2. The zero-order valence-corrected chi connectivity index (χ0v) is 11.2. The smallest absolute Gasteiger partial charge is 0.341 e. The molecule has 1 aliphatic rings. The minimum Gasteiger partial charge on any atom is -0.468 e. The molecule has 1 aliphatic carbocycles. The van der Waals surface area contributed by atoms with Crippen LogP contribution in [-0.2, 0) is 30.3 Å². The predicted octanol–water partition coefficient (Wildman–Crippen LogP) is 1.16. The Morgan fingerprint density at radius 2 is 1.85 bits per heavy atom. The van der Waals surface area contributed by atoms with E-state index in [9.17, 15) is 14.4 Å². The summed E-state index contributed by atoms with van der Waals surface area (Å²) in [6, 6.07) is 7.21. The Kier molecular flexibility index (Phi) is 3.98. The summed E-state index contributed by atoms with van der Waals surface area (Å²) >= 11 is 0. The lowest BCUT2D eigenvalue weighted by Gasteiger charge is -2.12. The van der Waals surface area contributed by atoms with Gasteiger partial charge in [-0.25, -0.2) is 4.79 Å². The standard InChI is InChI=1S/C15H14O5/c1-19-14(17)11-7-9-5-3-4-6-10(9)8-12(13(11)16)15(18)20-2/h3-7,12H,8H2,1-2H3/t12-/m1/s1. The lowest BCUT2D eigenvalue weighted by Crippen LogP contribution is -2.30. The Morgan fingerprint density at radius 3 is 2.50 bits per heavy atom. The van der Waals surface area contributed by atoms with Gasteiger partial charge in [0.15, 0.2) is 5.78 Å². The molecule has 0 amide bonds. The highest BCUT2D eigenvalue weighted by Crippen LogP contribution is 2.26. The number of rotatable bonds is 2. The summed E-state index contributed by atoms with van der Waals surface area (Å²) in [5.41, 5.74) is 1.41. The number of benzene rings is 1. The van der Waals surface area contributed by atoms with Gasteiger partial charge in [0.25, 0.3) is 0 Å². The van der Waals surface area contributed by atoms with Crippen molar-refractivity contribution in [1.82, 2.24) is 0 Å². The molecule has 0 fully saturated rings. The largest absolute Gasteiger partial charge is 0.468 e. The molecule has 0 heterocycles. The molecular weight excluding hydrogens is 260 g/mol. The van der Waals surface area contributed by atoms with Gasteiger partial charge in [-0.05, 0) is 23.6 Å². The Balaban J connectivity index is 2.55. The molecule has 20 heavy (non-hydrogen) atoms. The van der Waals surface area contributed by atoms with E-state index in [1.807, 2.05) is 12.1 Å². The summed E-state index contributed by atoms with van der Waals surface area (Å²) in [5, 5.41) is 0. The van der Waals surface area contributed by atoms with Crippen molar-refractivity contribution in [3.63, 3.8) is 0 Å². The fourth-order valence-corrected chi connectivity index (χ4v) is 2.19. The molecule has 0 unspecified atom stereocenters. The number of methoxy groups -OCH3 is 2. The lowest BCUT2D eigenvalue weighted by molar-refractivity contribution is -0.149. The maximum atomic E-state index is 12.3. The number of ketones is 1. The number of esters is 2. The third kappa shape index (κ3) is 2.47. The predicted molar refractivity (Wildman–Crippen MR) is 70.7 cm³/mol. The average Bonchev–Trinajstić information content (AvgIpc) is 2.63. The number of hydrogen-bond acceptors (Lipinski definition) is 5. The van der Waals surface area contributed by atoms with E-state index in [1.54, 1.807) is 12.1 Å². The SMILES string of the molecule is COC(=O)C1=Cc2ccccc2C[C@@H](C(=O)OC)C1=O. The van der Waals surface area contributed by atoms with Gasteiger partial charge < -0.3 is 9.47 Å². The minimum absolute atomic E-state index is 0.132. The molecule has 1 atom stereocenters. The Labute approximate surface area is 116 Å². The molecule has 0 radical (unpaired) electrons. The van der Waals surface area contributed by atoms with Crippen molar-refractivity contribution in [1.29, 1.82) is 0 Å². The third-order valence-corrected chi connectivity index (χ3v) is 3.25. The van der Waals surface area contributed by atoms with E-state index in [4.69, 9.17) is 0 Å². The van der Waals surface area contributed by atoms with Crippen molar-refractivity contribution >= 4 is 23.8 Å². The Hall–Kier alpha value is -2.43. The van der Waals surface area contributed by atoms with E-state index in [0.717, 1.165) is 11.1 Å². The molecule has 1 aromatic rings. The van der Waals surface area contributed by atoms with Gasteiger partial charge in [-0.3, -0.25) is 9.59 Å². The van der Waals surface area contributed by atoms with Crippen LogP contribution in [0.2, 0.25) is 0 Å². The van der Waals surface area contributed by atoms with Crippen LogP contribution in [0.15, 0.2) is 29.8 Å².